The molecule has 0 heterocycles. The SMILES string of the molecule is CC(C)COC(=O)[C@H](CC(C)C)[C@H](CC(C)C)C(=O)O. The molecule has 4 heteroatoms. The molecule has 0 aromatic carbocycles. The van der Waals surface area contributed by atoms with E-state index in [2.05, 4.69) is 0 Å². The van der Waals surface area contributed by atoms with Crippen molar-refractivity contribution in [3.63, 3.8) is 0 Å². The summed E-state index contributed by atoms with van der Waals surface area (Å²) in [6, 6.07) is 0. The molecular weight excluding hydrogens is 256 g/mol. The van der Waals surface area contributed by atoms with Gasteiger partial charge in [0, 0.05) is 0 Å². The fourth-order valence-corrected chi connectivity index (χ4v) is 2.23. The van der Waals surface area contributed by atoms with Crippen molar-refractivity contribution in [3.8, 4) is 0 Å². The molecule has 0 aromatic rings. The van der Waals surface area contributed by atoms with E-state index in [9.17, 15) is 14.7 Å². The Morgan fingerprint density at radius 3 is 1.65 bits per heavy atom. The van der Waals surface area contributed by atoms with E-state index in [1.54, 1.807) is 0 Å². The number of carbonyl (C=O) groups is 2. The largest absolute Gasteiger partial charge is 0.481 e. The first-order valence-electron chi connectivity index (χ1n) is 7.54. The summed E-state index contributed by atoms with van der Waals surface area (Å²) in [5, 5.41) is 9.42. The molecule has 0 aromatic heterocycles. The lowest BCUT2D eigenvalue weighted by Crippen LogP contribution is -2.34. The van der Waals surface area contributed by atoms with Gasteiger partial charge in [0.05, 0.1) is 18.4 Å². The highest BCUT2D eigenvalue weighted by molar-refractivity contribution is 5.81. The lowest BCUT2D eigenvalue weighted by Gasteiger charge is -2.25. The van der Waals surface area contributed by atoms with Gasteiger partial charge in [0.1, 0.15) is 0 Å². The number of aliphatic carboxylic acids is 1. The van der Waals surface area contributed by atoms with Gasteiger partial charge >= 0.3 is 11.9 Å². The molecule has 4 nitrogen and oxygen atoms in total. The van der Waals surface area contributed by atoms with Gasteiger partial charge in [0.15, 0.2) is 0 Å². The standard InChI is InChI=1S/C16H30O4/c1-10(2)7-13(15(17)18)14(8-11(3)4)16(19)20-9-12(5)6/h10-14H,7-9H2,1-6H3,(H,17,18)/t13-,14+/m0/s1. The second kappa shape index (κ2) is 8.98. The van der Waals surface area contributed by atoms with Gasteiger partial charge in [-0.1, -0.05) is 41.5 Å². The summed E-state index contributed by atoms with van der Waals surface area (Å²) in [5.74, 6) is -1.70. The van der Waals surface area contributed by atoms with Gasteiger partial charge in [0.2, 0.25) is 0 Å². The highest BCUT2D eigenvalue weighted by Crippen LogP contribution is 2.28. The summed E-state index contributed by atoms with van der Waals surface area (Å²) in [4.78, 5) is 23.7. The molecule has 1 N–H and O–H groups in total. The predicted molar refractivity (Wildman–Crippen MR) is 79.3 cm³/mol. The van der Waals surface area contributed by atoms with Crippen molar-refractivity contribution in [3.05, 3.63) is 0 Å². The van der Waals surface area contributed by atoms with Gasteiger partial charge in [-0.3, -0.25) is 9.59 Å². The van der Waals surface area contributed by atoms with E-state index in [0.717, 1.165) is 0 Å². The fourth-order valence-electron chi connectivity index (χ4n) is 2.23. The molecule has 0 fully saturated rings. The van der Waals surface area contributed by atoms with E-state index < -0.39 is 17.8 Å². The highest BCUT2D eigenvalue weighted by Gasteiger charge is 2.35. The molecule has 20 heavy (non-hydrogen) atoms. The molecule has 0 aliphatic rings. The second-order valence-electron chi connectivity index (χ2n) is 6.83. The summed E-state index contributed by atoms with van der Waals surface area (Å²) < 4.78 is 5.28. The van der Waals surface area contributed by atoms with Crippen LogP contribution in [0.25, 0.3) is 0 Å². The van der Waals surface area contributed by atoms with E-state index in [-0.39, 0.29) is 23.7 Å². The van der Waals surface area contributed by atoms with Crippen molar-refractivity contribution in [1.82, 2.24) is 0 Å². The average Bonchev–Trinajstić information content (AvgIpc) is 2.29. The number of rotatable bonds is 9. The van der Waals surface area contributed by atoms with Crippen molar-refractivity contribution >= 4 is 11.9 Å². The molecule has 0 aliphatic carbocycles. The number of esters is 1. The molecule has 0 saturated heterocycles. The molecule has 0 aliphatic heterocycles. The number of carbonyl (C=O) groups excluding carboxylic acids is 1. The summed E-state index contributed by atoms with van der Waals surface area (Å²) in [6.45, 7) is 12.2. The van der Waals surface area contributed by atoms with Crippen LogP contribution in [0.15, 0.2) is 0 Å². The normalized spacial score (nSPS) is 14.7. The third-order valence-corrected chi connectivity index (χ3v) is 3.12. The van der Waals surface area contributed by atoms with Gasteiger partial charge < -0.3 is 9.84 Å². The summed E-state index contributed by atoms with van der Waals surface area (Å²) >= 11 is 0. The molecule has 118 valence electrons. The Balaban J connectivity index is 4.97. The van der Waals surface area contributed by atoms with Crippen LogP contribution in [0.3, 0.4) is 0 Å². The minimum Gasteiger partial charge on any atom is -0.481 e. The lowest BCUT2D eigenvalue weighted by atomic mass is 9.81. The Labute approximate surface area is 122 Å². The Morgan fingerprint density at radius 1 is 0.850 bits per heavy atom. The van der Waals surface area contributed by atoms with E-state index in [1.165, 1.54) is 0 Å². The van der Waals surface area contributed by atoms with Gasteiger partial charge in [0.25, 0.3) is 0 Å². The first kappa shape index (κ1) is 18.9. The molecular formula is C16H30O4. The molecule has 0 bridgehead atoms. The van der Waals surface area contributed by atoms with Gasteiger partial charge in [-0.25, -0.2) is 0 Å². The van der Waals surface area contributed by atoms with Gasteiger partial charge in [-0.15, -0.1) is 0 Å². The van der Waals surface area contributed by atoms with Gasteiger partial charge in [-0.05, 0) is 30.6 Å². The smallest absolute Gasteiger partial charge is 0.309 e. The van der Waals surface area contributed by atoms with Crippen LogP contribution in [0.4, 0.5) is 0 Å². The first-order valence-corrected chi connectivity index (χ1v) is 7.54. The van der Waals surface area contributed by atoms with E-state index in [0.29, 0.717) is 19.4 Å². The van der Waals surface area contributed by atoms with Crippen molar-refractivity contribution in [2.24, 2.45) is 29.6 Å². The summed E-state index contributed by atoms with van der Waals surface area (Å²) in [7, 11) is 0. The Kier molecular flexibility index (Phi) is 8.51. The second-order valence-corrected chi connectivity index (χ2v) is 6.83. The molecule has 0 radical (unpaired) electrons. The minimum atomic E-state index is -0.897. The quantitative estimate of drug-likeness (QED) is 0.658. The molecule has 0 unspecified atom stereocenters. The molecule has 2 atom stereocenters. The zero-order valence-electron chi connectivity index (χ0n) is 13.7. The summed E-state index contributed by atoms with van der Waals surface area (Å²) in [6.07, 6.45) is 1.06. The number of hydrogen-bond acceptors (Lipinski definition) is 3. The molecule has 0 spiro atoms. The van der Waals surface area contributed by atoms with Crippen LogP contribution in [0.2, 0.25) is 0 Å². The maximum atomic E-state index is 12.2. The monoisotopic (exact) mass is 286 g/mol. The van der Waals surface area contributed by atoms with E-state index >= 15 is 0 Å². The average molecular weight is 286 g/mol. The number of ether oxygens (including phenoxy) is 1. The van der Waals surface area contributed by atoms with Crippen molar-refractivity contribution in [2.45, 2.75) is 54.4 Å². The first-order chi connectivity index (χ1) is 9.15. The van der Waals surface area contributed by atoms with Crippen LogP contribution in [0, 0.1) is 29.6 Å². The zero-order valence-corrected chi connectivity index (χ0v) is 13.7. The third kappa shape index (κ3) is 7.51. The topological polar surface area (TPSA) is 63.6 Å². The predicted octanol–water partition coefficient (Wildman–Crippen LogP) is 3.59. The van der Waals surface area contributed by atoms with Crippen molar-refractivity contribution < 1.29 is 19.4 Å². The zero-order chi connectivity index (χ0) is 15.9. The maximum Gasteiger partial charge on any atom is 0.309 e. The number of carboxylic acid groups (broad SMARTS) is 1. The minimum absolute atomic E-state index is 0.240. The molecule has 0 amide bonds. The summed E-state index contributed by atoms with van der Waals surface area (Å²) in [5.41, 5.74) is 0. The van der Waals surface area contributed by atoms with Crippen LogP contribution in [-0.2, 0) is 14.3 Å². The Morgan fingerprint density at radius 2 is 1.30 bits per heavy atom. The maximum absolute atomic E-state index is 12.2. The lowest BCUT2D eigenvalue weighted by molar-refractivity contribution is -0.160. The van der Waals surface area contributed by atoms with Crippen LogP contribution in [-0.4, -0.2) is 23.7 Å². The number of carboxylic acids is 1. The fraction of sp³-hybridized carbons (Fsp3) is 0.875. The molecule has 0 saturated carbocycles. The van der Waals surface area contributed by atoms with Crippen LogP contribution < -0.4 is 0 Å². The van der Waals surface area contributed by atoms with Crippen molar-refractivity contribution in [1.29, 1.82) is 0 Å². The molecule has 0 rings (SSSR count). The highest BCUT2D eigenvalue weighted by atomic mass is 16.5. The Bertz CT molecular complexity index is 308. The third-order valence-electron chi connectivity index (χ3n) is 3.12. The Hall–Kier alpha value is -1.06. The van der Waals surface area contributed by atoms with Crippen LogP contribution >= 0.6 is 0 Å². The van der Waals surface area contributed by atoms with Gasteiger partial charge in [-0.2, -0.15) is 0 Å². The van der Waals surface area contributed by atoms with E-state index in [4.69, 9.17) is 4.74 Å². The van der Waals surface area contributed by atoms with Crippen LogP contribution in [0.5, 0.6) is 0 Å². The number of hydrogen-bond donors (Lipinski definition) is 1. The van der Waals surface area contributed by atoms with Crippen LogP contribution in [0.1, 0.15) is 54.4 Å². The van der Waals surface area contributed by atoms with E-state index in [1.807, 2.05) is 41.5 Å². The van der Waals surface area contributed by atoms with Crippen molar-refractivity contribution in [2.75, 3.05) is 6.61 Å².